The molecule has 0 nitrogen and oxygen atoms in total. The third-order valence-corrected chi connectivity index (χ3v) is 8.08. The first kappa shape index (κ1) is 19.3. The van der Waals surface area contributed by atoms with Crippen LogP contribution < -0.4 is 0 Å². The molecule has 0 aliphatic rings. The van der Waals surface area contributed by atoms with Gasteiger partial charge in [-0.05, 0) is 66.6 Å². The van der Waals surface area contributed by atoms with Gasteiger partial charge < -0.3 is 0 Å². The molecule has 152 valence electrons. The third kappa shape index (κ3) is 3.41. The minimum Gasteiger partial charge on any atom is -0.135 e. The first-order chi connectivity index (χ1) is 15.6. The first-order valence-corrected chi connectivity index (χ1v) is 12.3. The third-order valence-electron chi connectivity index (χ3n) is 5.91. The summed E-state index contributed by atoms with van der Waals surface area (Å²) in [7, 11) is 0. The highest BCUT2D eigenvalue weighted by molar-refractivity contribution is 7.22. The maximum Gasteiger partial charge on any atom is 0.0785 e. The predicted octanol–water partition coefficient (Wildman–Crippen LogP) is 8.95. The van der Waals surface area contributed by atoms with Gasteiger partial charge >= 0.3 is 0 Å². The van der Waals surface area contributed by atoms with E-state index >= 15 is 0 Å². The lowest BCUT2D eigenvalue weighted by atomic mass is 10.0. The fourth-order valence-corrected chi connectivity index (χ4v) is 6.15. The van der Waals surface area contributed by atoms with Crippen LogP contribution in [0, 0.1) is 25.7 Å². The van der Waals surface area contributed by atoms with E-state index in [1.54, 1.807) is 11.3 Å². The van der Waals surface area contributed by atoms with Gasteiger partial charge in [-0.2, -0.15) is 0 Å². The van der Waals surface area contributed by atoms with Crippen LogP contribution in [0.2, 0.25) is 0 Å². The Morgan fingerprint density at radius 1 is 0.531 bits per heavy atom. The standard InChI is InChI=1S/C30H20S2/c1-19-3-7-21(8-4-19)9-12-23-17-26-24-14-16-29-27(25(24)13-15-28(26)31-23)18-30(32-29)22-10-5-20(2)6-11-22/h3-8,10-11,13-18H,1-2H3. The van der Waals surface area contributed by atoms with Gasteiger partial charge in [0.1, 0.15) is 0 Å². The summed E-state index contributed by atoms with van der Waals surface area (Å²) in [6, 6.07) is 30.9. The van der Waals surface area contributed by atoms with Crippen molar-refractivity contribution in [1.82, 2.24) is 0 Å². The van der Waals surface area contributed by atoms with E-state index in [0.29, 0.717) is 0 Å². The zero-order valence-electron chi connectivity index (χ0n) is 17.9. The SMILES string of the molecule is Cc1ccc(C#Cc2cc3c(ccc4c5cc(-c6ccc(C)cc6)sc5ccc34)s2)cc1. The van der Waals surface area contributed by atoms with Crippen LogP contribution in [-0.2, 0) is 0 Å². The molecule has 2 heteroatoms. The number of benzene rings is 4. The zero-order valence-corrected chi connectivity index (χ0v) is 19.5. The van der Waals surface area contributed by atoms with Crippen molar-refractivity contribution in [3.05, 3.63) is 106 Å². The number of rotatable bonds is 1. The van der Waals surface area contributed by atoms with Crippen LogP contribution >= 0.6 is 22.7 Å². The van der Waals surface area contributed by atoms with E-state index in [0.717, 1.165) is 10.4 Å². The van der Waals surface area contributed by atoms with E-state index in [1.165, 1.54) is 52.5 Å². The van der Waals surface area contributed by atoms with Gasteiger partial charge in [-0.25, -0.2) is 0 Å². The summed E-state index contributed by atoms with van der Waals surface area (Å²) in [6.45, 7) is 4.23. The van der Waals surface area contributed by atoms with Crippen molar-refractivity contribution < 1.29 is 0 Å². The number of thiophene rings is 2. The molecular formula is C30H20S2. The van der Waals surface area contributed by atoms with E-state index in [4.69, 9.17) is 0 Å². The Labute approximate surface area is 195 Å². The van der Waals surface area contributed by atoms with Gasteiger partial charge in [-0.15, -0.1) is 22.7 Å². The molecule has 0 N–H and O–H groups in total. The van der Waals surface area contributed by atoms with Crippen LogP contribution in [0.1, 0.15) is 21.6 Å². The quantitative estimate of drug-likeness (QED) is 0.222. The van der Waals surface area contributed by atoms with Crippen molar-refractivity contribution in [2.24, 2.45) is 0 Å². The normalized spacial score (nSPS) is 11.2. The molecule has 0 atom stereocenters. The Kier molecular flexibility index (Phi) is 4.61. The minimum absolute atomic E-state index is 1.06. The number of hydrogen-bond acceptors (Lipinski definition) is 2. The molecule has 0 spiro atoms. The molecule has 6 aromatic rings. The average Bonchev–Trinajstić information content (AvgIpc) is 3.43. The number of fused-ring (bicyclic) bond motifs is 5. The van der Waals surface area contributed by atoms with Crippen LogP contribution in [0.3, 0.4) is 0 Å². The fraction of sp³-hybridized carbons (Fsp3) is 0.0667. The molecule has 4 aromatic carbocycles. The molecule has 0 amide bonds. The van der Waals surface area contributed by atoms with Gasteiger partial charge in [-0.3, -0.25) is 0 Å². The molecule has 0 fully saturated rings. The lowest BCUT2D eigenvalue weighted by Crippen LogP contribution is -1.75. The van der Waals surface area contributed by atoms with Crippen molar-refractivity contribution in [2.75, 3.05) is 0 Å². The lowest BCUT2D eigenvalue weighted by Gasteiger charge is -2.01. The monoisotopic (exact) mass is 444 g/mol. The summed E-state index contributed by atoms with van der Waals surface area (Å²) in [4.78, 5) is 2.43. The zero-order chi connectivity index (χ0) is 21.7. The second-order valence-corrected chi connectivity index (χ2v) is 10.4. The Balaban J connectivity index is 1.46. The summed E-state index contributed by atoms with van der Waals surface area (Å²) in [5.74, 6) is 6.69. The van der Waals surface area contributed by atoms with Gasteiger partial charge in [0, 0.05) is 30.6 Å². The van der Waals surface area contributed by atoms with Crippen molar-refractivity contribution in [2.45, 2.75) is 13.8 Å². The predicted molar refractivity (Wildman–Crippen MR) is 142 cm³/mol. The van der Waals surface area contributed by atoms with E-state index < -0.39 is 0 Å². The van der Waals surface area contributed by atoms with Gasteiger partial charge in [0.2, 0.25) is 0 Å². The van der Waals surface area contributed by atoms with Crippen molar-refractivity contribution in [3.63, 3.8) is 0 Å². The molecule has 0 unspecified atom stereocenters. The van der Waals surface area contributed by atoms with Crippen molar-refractivity contribution in [1.29, 1.82) is 0 Å². The van der Waals surface area contributed by atoms with Gasteiger partial charge in [0.15, 0.2) is 0 Å². The molecule has 0 radical (unpaired) electrons. The van der Waals surface area contributed by atoms with E-state index in [1.807, 2.05) is 11.3 Å². The molecule has 2 aromatic heterocycles. The molecule has 0 aliphatic heterocycles. The average molecular weight is 445 g/mol. The van der Waals surface area contributed by atoms with Crippen LogP contribution in [0.15, 0.2) is 84.9 Å². The van der Waals surface area contributed by atoms with Crippen molar-refractivity contribution in [3.8, 4) is 22.3 Å². The van der Waals surface area contributed by atoms with Gasteiger partial charge in [0.25, 0.3) is 0 Å². The van der Waals surface area contributed by atoms with Crippen LogP contribution in [0.25, 0.3) is 41.4 Å². The summed E-state index contributed by atoms with van der Waals surface area (Å²) < 4.78 is 2.63. The Hall–Kier alpha value is -3.38. The molecule has 0 saturated heterocycles. The molecule has 0 saturated carbocycles. The van der Waals surface area contributed by atoms with Crippen LogP contribution in [-0.4, -0.2) is 0 Å². The highest BCUT2D eigenvalue weighted by atomic mass is 32.1. The summed E-state index contributed by atoms with van der Waals surface area (Å²) >= 11 is 3.64. The Morgan fingerprint density at radius 3 is 1.81 bits per heavy atom. The van der Waals surface area contributed by atoms with Gasteiger partial charge in [-0.1, -0.05) is 71.5 Å². The fourth-order valence-electron chi connectivity index (χ4n) is 4.14. The molecule has 2 heterocycles. The summed E-state index contributed by atoms with van der Waals surface area (Å²) in [5, 5.41) is 5.26. The second-order valence-electron chi connectivity index (χ2n) is 8.25. The maximum atomic E-state index is 3.37. The number of hydrogen-bond donors (Lipinski definition) is 0. The van der Waals surface area contributed by atoms with E-state index in [9.17, 15) is 0 Å². The topological polar surface area (TPSA) is 0 Å². The molecule has 0 aliphatic carbocycles. The summed E-state index contributed by atoms with van der Waals surface area (Å²) in [5.41, 5.74) is 4.90. The molecule has 0 bridgehead atoms. The second kappa shape index (κ2) is 7.64. The minimum atomic E-state index is 1.06. The van der Waals surface area contributed by atoms with Gasteiger partial charge in [0.05, 0.1) is 4.88 Å². The van der Waals surface area contributed by atoms with Crippen molar-refractivity contribution >= 4 is 53.6 Å². The highest BCUT2D eigenvalue weighted by Crippen LogP contribution is 2.40. The molecular weight excluding hydrogens is 424 g/mol. The van der Waals surface area contributed by atoms with E-state index in [-0.39, 0.29) is 0 Å². The summed E-state index contributed by atoms with van der Waals surface area (Å²) in [6.07, 6.45) is 0. The number of aryl methyl sites for hydroxylation is 2. The smallest absolute Gasteiger partial charge is 0.0785 e. The van der Waals surface area contributed by atoms with Crippen LogP contribution in [0.5, 0.6) is 0 Å². The lowest BCUT2D eigenvalue weighted by molar-refractivity contribution is 1.46. The molecule has 6 rings (SSSR count). The Morgan fingerprint density at radius 2 is 1.12 bits per heavy atom. The molecule has 32 heavy (non-hydrogen) atoms. The highest BCUT2D eigenvalue weighted by Gasteiger charge is 2.11. The van der Waals surface area contributed by atoms with E-state index in [2.05, 4.69) is 111 Å². The van der Waals surface area contributed by atoms with Crippen LogP contribution in [0.4, 0.5) is 0 Å². The largest absolute Gasteiger partial charge is 0.135 e. The Bertz CT molecular complexity index is 1670. The first-order valence-electron chi connectivity index (χ1n) is 10.7. The maximum absolute atomic E-state index is 3.37.